The van der Waals surface area contributed by atoms with E-state index in [9.17, 15) is 9.18 Å². The number of hydrogen-bond acceptors (Lipinski definition) is 3. The van der Waals surface area contributed by atoms with Crippen molar-refractivity contribution in [2.24, 2.45) is 0 Å². The van der Waals surface area contributed by atoms with E-state index in [0.717, 1.165) is 6.54 Å². The van der Waals surface area contributed by atoms with Gasteiger partial charge in [0.05, 0.1) is 7.11 Å². The molecule has 0 aliphatic carbocycles. The Kier molecular flexibility index (Phi) is 8.07. The number of rotatable bonds is 6. The molecule has 0 aliphatic rings. The number of amides is 1. The van der Waals surface area contributed by atoms with Gasteiger partial charge in [-0.2, -0.15) is 0 Å². The highest BCUT2D eigenvalue weighted by Crippen LogP contribution is 2.17. The van der Waals surface area contributed by atoms with Crippen LogP contribution in [0.4, 0.5) is 4.39 Å². The van der Waals surface area contributed by atoms with Gasteiger partial charge in [-0.3, -0.25) is 4.79 Å². The van der Waals surface area contributed by atoms with Crippen LogP contribution in [0.5, 0.6) is 5.75 Å². The Morgan fingerprint density at radius 1 is 1.39 bits per heavy atom. The van der Waals surface area contributed by atoms with Crippen molar-refractivity contribution in [3.05, 3.63) is 29.6 Å². The summed E-state index contributed by atoms with van der Waals surface area (Å²) in [7, 11) is 1.38. The van der Waals surface area contributed by atoms with Gasteiger partial charge in [-0.05, 0) is 24.7 Å². The van der Waals surface area contributed by atoms with Crippen molar-refractivity contribution in [2.75, 3.05) is 26.7 Å². The Hall–Kier alpha value is -1.33. The van der Waals surface area contributed by atoms with E-state index in [-0.39, 0.29) is 24.1 Å². The van der Waals surface area contributed by atoms with Gasteiger partial charge in [0.2, 0.25) is 0 Å². The van der Waals surface area contributed by atoms with Crippen molar-refractivity contribution in [1.82, 2.24) is 10.6 Å². The first-order valence-corrected chi connectivity index (χ1v) is 5.51. The Balaban J connectivity index is 0.00000289. The number of carbonyl (C=O) groups excluding carboxylic acids is 1. The fraction of sp³-hybridized carbons (Fsp3) is 0.417. The quantitative estimate of drug-likeness (QED) is 0.776. The lowest BCUT2D eigenvalue weighted by molar-refractivity contribution is 0.0953. The standard InChI is InChI=1S/C12H17FN2O2.ClH/c1-3-14-6-7-15-12(16)9-4-5-11(17-2)10(13)8-9;/h4-5,8,14H,3,6-7H2,1-2H3,(H,15,16);1H. The van der Waals surface area contributed by atoms with Crippen molar-refractivity contribution in [1.29, 1.82) is 0 Å². The summed E-state index contributed by atoms with van der Waals surface area (Å²) in [6.45, 7) is 4.05. The van der Waals surface area contributed by atoms with Crippen LogP contribution in [0, 0.1) is 5.82 Å². The average Bonchev–Trinajstić information content (AvgIpc) is 2.34. The summed E-state index contributed by atoms with van der Waals surface area (Å²) in [5, 5.41) is 5.77. The molecule has 18 heavy (non-hydrogen) atoms. The topological polar surface area (TPSA) is 50.4 Å². The summed E-state index contributed by atoms with van der Waals surface area (Å²) in [5.41, 5.74) is 0.291. The molecule has 2 N–H and O–H groups in total. The Morgan fingerprint density at radius 2 is 2.11 bits per heavy atom. The maximum Gasteiger partial charge on any atom is 0.251 e. The average molecular weight is 277 g/mol. The number of benzene rings is 1. The molecular weight excluding hydrogens is 259 g/mol. The zero-order chi connectivity index (χ0) is 12.7. The minimum atomic E-state index is -0.535. The molecular formula is C12H18ClFN2O2. The molecule has 1 aromatic carbocycles. The van der Waals surface area contributed by atoms with Gasteiger partial charge < -0.3 is 15.4 Å². The zero-order valence-electron chi connectivity index (χ0n) is 10.5. The molecule has 0 spiro atoms. The molecule has 0 heterocycles. The highest BCUT2D eigenvalue weighted by atomic mass is 35.5. The van der Waals surface area contributed by atoms with E-state index in [1.807, 2.05) is 6.92 Å². The number of ether oxygens (including phenoxy) is 1. The first-order chi connectivity index (χ1) is 8.19. The van der Waals surface area contributed by atoms with Gasteiger partial charge in [-0.25, -0.2) is 4.39 Å². The number of likely N-dealkylation sites (N-methyl/N-ethyl adjacent to an activating group) is 1. The Bertz CT molecular complexity index is 388. The summed E-state index contributed by atoms with van der Waals surface area (Å²) in [4.78, 5) is 11.6. The lowest BCUT2D eigenvalue weighted by atomic mass is 10.2. The van der Waals surface area contributed by atoms with E-state index < -0.39 is 5.82 Å². The van der Waals surface area contributed by atoms with E-state index in [4.69, 9.17) is 4.74 Å². The van der Waals surface area contributed by atoms with Crippen LogP contribution in [0.15, 0.2) is 18.2 Å². The summed E-state index contributed by atoms with van der Waals surface area (Å²) in [6.07, 6.45) is 0. The van der Waals surface area contributed by atoms with Crippen molar-refractivity contribution < 1.29 is 13.9 Å². The summed E-state index contributed by atoms with van der Waals surface area (Å²) >= 11 is 0. The smallest absolute Gasteiger partial charge is 0.251 e. The van der Waals surface area contributed by atoms with E-state index in [1.54, 1.807) is 0 Å². The minimum Gasteiger partial charge on any atom is -0.494 e. The van der Waals surface area contributed by atoms with Crippen molar-refractivity contribution in [3.8, 4) is 5.75 Å². The van der Waals surface area contributed by atoms with Gasteiger partial charge in [0, 0.05) is 18.7 Å². The molecule has 6 heteroatoms. The molecule has 0 saturated heterocycles. The number of hydrogen-bond donors (Lipinski definition) is 2. The van der Waals surface area contributed by atoms with Crippen LogP contribution in [0.3, 0.4) is 0 Å². The number of nitrogens with one attached hydrogen (secondary N) is 2. The van der Waals surface area contributed by atoms with Crippen LogP contribution in [0.2, 0.25) is 0 Å². The molecule has 0 radical (unpaired) electrons. The van der Waals surface area contributed by atoms with Crippen LogP contribution >= 0.6 is 12.4 Å². The molecule has 0 atom stereocenters. The normalized spacial score (nSPS) is 9.50. The van der Waals surface area contributed by atoms with Gasteiger partial charge in [0.25, 0.3) is 5.91 Å². The second-order valence-corrected chi connectivity index (χ2v) is 3.46. The molecule has 0 aliphatic heterocycles. The molecule has 0 saturated carbocycles. The second kappa shape index (κ2) is 8.72. The van der Waals surface area contributed by atoms with Gasteiger partial charge in [0.1, 0.15) is 0 Å². The minimum absolute atomic E-state index is 0. The third kappa shape index (κ3) is 4.89. The van der Waals surface area contributed by atoms with Gasteiger partial charge in [-0.1, -0.05) is 6.92 Å². The van der Waals surface area contributed by atoms with E-state index in [0.29, 0.717) is 18.7 Å². The maximum absolute atomic E-state index is 13.3. The second-order valence-electron chi connectivity index (χ2n) is 3.46. The largest absolute Gasteiger partial charge is 0.494 e. The van der Waals surface area contributed by atoms with E-state index in [1.165, 1.54) is 25.3 Å². The number of carbonyl (C=O) groups is 1. The number of methoxy groups -OCH3 is 1. The maximum atomic E-state index is 13.3. The molecule has 1 aromatic rings. The predicted octanol–water partition coefficient (Wildman–Crippen LogP) is 1.60. The molecule has 4 nitrogen and oxygen atoms in total. The van der Waals surface area contributed by atoms with Crippen molar-refractivity contribution >= 4 is 18.3 Å². The van der Waals surface area contributed by atoms with Crippen LogP contribution < -0.4 is 15.4 Å². The van der Waals surface area contributed by atoms with Gasteiger partial charge >= 0.3 is 0 Å². The SMILES string of the molecule is CCNCCNC(=O)c1ccc(OC)c(F)c1.Cl. The van der Waals surface area contributed by atoms with Crippen LogP contribution in [-0.2, 0) is 0 Å². The molecule has 1 rings (SSSR count). The molecule has 0 unspecified atom stereocenters. The third-order valence-corrected chi connectivity index (χ3v) is 2.25. The highest BCUT2D eigenvalue weighted by Gasteiger charge is 2.09. The first-order valence-electron chi connectivity index (χ1n) is 5.51. The van der Waals surface area contributed by atoms with Crippen molar-refractivity contribution in [3.63, 3.8) is 0 Å². The fourth-order valence-corrected chi connectivity index (χ4v) is 1.35. The fourth-order valence-electron chi connectivity index (χ4n) is 1.35. The zero-order valence-corrected chi connectivity index (χ0v) is 11.3. The van der Waals surface area contributed by atoms with Crippen molar-refractivity contribution in [2.45, 2.75) is 6.92 Å². The lowest BCUT2D eigenvalue weighted by Crippen LogP contribution is -2.31. The van der Waals surface area contributed by atoms with Crippen LogP contribution in [-0.4, -0.2) is 32.7 Å². The third-order valence-electron chi connectivity index (χ3n) is 2.25. The van der Waals surface area contributed by atoms with Crippen LogP contribution in [0.25, 0.3) is 0 Å². The predicted molar refractivity (Wildman–Crippen MR) is 71.1 cm³/mol. The summed E-state index contributed by atoms with van der Waals surface area (Å²) in [5.74, 6) is -0.689. The Morgan fingerprint density at radius 3 is 2.67 bits per heavy atom. The van der Waals surface area contributed by atoms with E-state index in [2.05, 4.69) is 10.6 Å². The summed E-state index contributed by atoms with van der Waals surface area (Å²) in [6, 6.07) is 4.14. The molecule has 0 aromatic heterocycles. The van der Waals surface area contributed by atoms with E-state index >= 15 is 0 Å². The van der Waals surface area contributed by atoms with Crippen LogP contribution in [0.1, 0.15) is 17.3 Å². The monoisotopic (exact) mass is 276 g/mol. The lowest BCUT2D eigenvalue weighted by Gasteiger charge is -2.07. The molecule has 0 bridgehead atoms. The summed E-state index contributed by atoms with van der Waals surface area (Å²) < 4.78 is 18.1. The number of halogens is 2. The molecule has 102 valence electrons. The van der Waals surface area contributed by atoms with Gasteiger partial charge in [0.15, 0.2) is 11.6 Å². The molecule has 1 amide bonds. The molecule has 0 fully saturated rings. The van der Waals surface area contributed by atoms with Gasteiger partial charge in [-0.15, -0.1) is 12.4 Å². The highest BCUT2D eigenvalue weighted by molar-refractivity contribution is 5.94. The Labute approximate surface area is 112 Å². The first kappa shape index (κ1) is 16.7.